The second kappa shape index (κ2) is 7.41. The number of anilines is 2. The molecule has 0 saturated carbocycles. The number of fused-ring (bicyclic) bond motifs is 3. The summed E-state index contributed by atoms with van der Waals surface area (Å²) in [5.74, 6) is 0.00487. The first-order valence-corrected chi connectivity index (χ1v) is 9.46. The molecule has 7 nitrogen and oxygen atoms in total. The molecule has 5 rings (SSSR count). The van der Waals surface area contributed by atoms with E-state index in [4.69, 9.17) is 0 Å². The van der Waals surface area contributed by atoms with E-state index < -0.39 is 17.3 Å². The largest absolute Gasteiger partial charge is 0.417 e. The third-order valence-electron chi connectivity index (χ3n) is 4.78. The van der Waals surface area contributed by atoms with Crippen molar-refractivity contribution in [3.8, 4) is 11.4 Å². The Bertz CT molecular complexity index is 1530. The average Bonchev–Trinajstić information content (AvgIpc) is 3.13. The molecule has 32 heavy (non-hydrogen) atoms. The van der Waals surface area contributed by atoms with Crippen LogP contribution in [0.4, 0.5) is 24.8 Å². The lowest BCUT2D eigenvalue weighted by Crippen LogP contribution is -2.11. The number of nitrogens with one attached hydrogen (secondary N) is 1. The number of hydrogen-bond donors (Lipinski definition) is 1. The van der Waals surface area contributed by atoms with Crippen molar-refractivity contribution in [3.63, 3.8) is 0 Å². The number of benzene rings is 2. The molecular weight excluding hydrogens is 421 g/mol. The van der Waals surface area contributed by atoms with Gasteiger partial charge in [0.05, 0.1) is 11.1 Å². The quantitative estimate of drug-likeness (QED) is 0.451. The number of aromatic nitrogens is 5. The zero-order chi connectivity index (χ0) is 22.3. The van der Waals surface area contributed by atoms with Crippen LogP contribution in [0, 0.1) is 0 Å². The van der Waals surface area contributed by atoms with Crippen LogP contribution in [0.5, 0.6) is 0 Å². The highest BCUT2D eigenvalue weighted by Gasteiger charge is 2.34. The topological polar surface area (TPSA) is 85.1 Å². The van der Waals surface area contributed by atoms with Crippen LogP contribution >= 0.6 is 0 Å². The van der Waals surface area contributed by atoms with E-state index >= 15 is 0 Å². The van der Waals surface area contributed by atoms with Crippen LogP contribution in [0.1, 0.15) is 5.56 Å². The van der Waals surface area contributed by atoms with Gasteiger partial charge in [-0.05, 0) is 30.3 Å². The van der Waals surface area contributed by atoms with Gasteiger partial charge in [0.15, 0.2) is 11.5 Å². The molecule has 3 aromatic heterocycles. The van der Waals surface area contributed by atoms with E-state index in [9.17, 15) is 18.0 Å². The maximum atomic E-state index is 13.6. The van der Waals surface area contributed by atoms with Gasteiger partial charge in [0.2, 0.25) is 5.95 Å². The molecule has 0 aliphatic rings. The normalized spacial score (nSPS) is 11.7. The number of alkyl halides is 3. The number of para-hydroxylation sites is 1. The van der Waals surface area contributed by atoms with Crippen LogP contribution in [0.25, 0.3) is 27.9 Å². The predicted molar refractivity (Wildman–Crippen MR) is 113 cm³/mol. The van der Waals surface area contributed by atoms with Gasteiger partial charge in [-0.25, -0.2) is 15.0 Å². The lowest BCUT2D eigenvalue weighted by molar-refractivity contribution is -0.137. The Morgan fingerprint density at radius 1 is 0.875 bits per heavy atom. The monoisotopic (exact) mass is 434 g/mol. The third-order valence-corrected chi connectivity index (χ3v) is 4.78. The van der Waals surface area contributed by atoms with E-state index in [2.05, 4.69) is 25.4 Å². The highest BCUT2D eigenvalue weighted by Crippen LogP contribution is 2.36. The molecule has 0 aliphatic heterocycles. The van der Waals surface area contributed by atoms with Crippen LogP contribution in [0.2, 0.25) is 0 Å². The molecule has 0 amide bonds. The Morgan fingerprint density at radius 2 is 1.62 bits per heavy atom. The fraction of sp³-hybridized carbons (Fsp3) is 0.0455. The predicted octanol–water partition coefficient (Wildman–Crippen LogP) is 4.46. The van der Waals surface area contributed by atoms with Crippen LogP contribution in [-0.2, 0) is 6.18 Å². The van der Waals surface area contributed by atoms with Crippen molar-refractivity contribution in [2.75, 3.05) is 5.32 Å². The maximum Gasteiger partial charge on any atom is 0.417 e. The maximum absolute atomic E-state index is 13.6. The van der Waals surface area contributed by atoms with Crippen molar-refractivity contribution in [2.45, 2.75) is 6.18 Å². The number of nitrogens with zero attached hydrogens (tertiary/aromatic N) is 5. The summed E-state index contributed by atoms with van der Waals surface area (Å²) in [5.41, 5.74) is -0.565. The molecule has 0 saturated heterocycles. The SMILES string of the molecule is O=c1nccccc1Nc1nc2ccccc2c2nc(-c3ccccc3C(F)(F)F)nn12. The first-order valence-electron chi connectivity index (χ1n) is 9.46. The van der Waals surface area contributed by atoms with Crippen molar-refractivity contribution in [1.29, 1.82) is 0 Å². The lowest BCUT2D eigenvalue weighted by atomic mass is 10.1. The molecule has 0 spiro atoms. The molecule has 0 bridgehead atoms. The summed E-state index contributed by atoms with van der Waals surface area (Å²) in [5, 5.41) is 7.79. The summed E-state index contributed by atoms with van der Waals surface area (Å²) in [6.45, 7) is 0. The first kappa shape index (κ1) is 19.6. The zero-order valence-corrected chi connectivity index (χ0v) is 16.2. The van der Waals surface area contributed by atoms with Gasteiger partial charge < -0.3 is 5.32 Å². The lowest BCUT2D eigenvalue weighted by Gasteiger charge is -2.09. The summed E-state index contributed by atoms with van der Waals surface area (Å²) in [6, 6.07) is 16.9. The van der Waals surface area contributed by atoms with Crippen LogP contribution in [0.15, 0.2) is 77.7 Å². The molecule has 3 heterocycles. The Kier molecular flexibility index (Phi) is 4.54. The Hall–Kier alpha value is -4.34. The standard InChI is InChI=1S/C22H13F3N6O/c23-22(24,25)15-9-3-1-7-13(15)18-29-19-14-8-2-4-10-16(14)27-21(31(19)30-18)28-17-11-5-6-12-26-20(17)32/h1-12H,(H,26,27,28,32). The summed E-state index contributed by atoms with van der Waals surface area (Å²) < 4.78 is 42.0. The molecule has 0 unspecified atom stereocenters. The van der Waals surface area contributed by atoms with E-state index in [1.165, 1.54) is 35.0 Å². The Balaban J connectivity index is 1.77. The molecule has 10 heteroatoms. The van der Waals surface area contributed by atoms with Crippen LogP contribution < -0.4 is 10.9 Å². The van der Waals surface area contributed by atoms with Crippen molar-refractivity contribution < 1.29 is 13.2 Å². The molecule has 0 radical (unpaired) electrons. The fourth-order valence-corrected chi connectivity index (χ4v) is 3.34. The minimum absolute atomic E-state index is 0.113. The summed E-state index contributed by atoms with van der Waals surface area (Å²) >= 11 is 0. The first-order chi connectivity index (χ1) is 15.4. The van der Waals surface area contributed by atoms with Crippen molar-refractivity contribution >= 4 is 28.2 Å². The van der Waals surface area contributed by atoms with E-state index in [-0.39, 0.29) is 23.0 Å². The van der Waals surface area contributed by atoms with Gasteiger partial charge in [-0.2, -0.15) is 17.7 Å². The van der Waals surface area contributed by atoms with E-state index in [1.807, 2.05) is 0 Å². The average molecular weight is 434 g/mol. The van der Waals surface area contributed by atoms with Gasteiger partial charge >= 0.3 is 6.18 Å². The van der Waals surface area contributed by atoms with Crippen molar-refractivity contribution in [2.24, 2.45) is 0 Å². The molecule has 0 aliphatic carbocycles. The summed E-state index contributed by atoms with van der Waals surface area (Å²) in [6.07, 6.45) is -3.21. The smallest absolute Gasteiger partial charge is 0.319 e. The van der Waals surface area contributed by atoms with Gasteiger partial charge in [-0.15, -0.1) is 5.10 Å². The molecule has 2 aromatic carbocycles. The zero-order valence-electron chi connectivity index (χ0n) is 16.2. The highest BCUT2D eigenvalue weighted by molar-refractivity contribution is 5.93. The van der Waals surface area contributed by atoms with E-state index in [1.54, 1.807) is 36.4 Å². The van der Waals surface area contributed by atoms with Gasteiger partial charge in [0.1, 0.15) is 5.69 Å². The number of hydrogen-bond acceptors (Lipinski definition) is 6. The fourth-order valence-electron chi connectivity index (χ4n) is 3.34. The molecule has 1 N–H and O–H groups in total. The second-order valence-corrected chi connectivity index (χ2v) is 6.84. The van der Waals surface area contributed by atoms with Crippen molar-refractivity contribution in [3.05, 3.63) is 88.8 Å². The van der Waals surface area contributed by atoms with Crippen LogP contribution in [-0.4, -0.2) is 24.6 Å². The van der Waals surface area contributed by atoms with E-state index in [0.29, 0.717) is 16.6 Å². The molecule has 5 aromatic rings. The Morgan fingerprint density at radius 3 is 2.47 bits per heavy atom. The highest BCUT2D eigenvalue weighted by atomic mass is 19.4. The summed E-state index contributed by atoms with van der Waals surface area (Å²) in [4.78, 5) is 24.9. The van der Waals surface area contributed by atoms with Gasteiger partial charge in [0, 0.05) is 17.1 Å². The van der Waals surface area contributed by atoms with Gasteiger partial charge in [0.25, 0.3) is 5.56 Å². The van der Waals surface area contributed by atoms with Gasteiger partial charge in [-0.1, -0.05) is 36.4 Å². The second-order valence-electron chi connectivity index (χ2n) is 6.84. The number of rotatable bonds is 3. The van der Waals surface area contributed by atoms with Gasteiger partial charge in [-0.3, -0.25) is 4.79 Å². The molecule has 0 fully saturated rings. The van der Waals surface area contributed by atoms with Crippen LogP contribution in [0.3, 0.4) is 0 Å². The summed E-state index contributed by atoms with van der Waals surface area (Å²) in [7, 11) is 0. The number of halogens is 3. The van der Waals surface area contributed by atoms with E-state index in [0.717, 1.165) is 6.07 Å². The molecule has 0 atom stereocenters. The minimum atomic E-state index is -4.57. The Labute approximate surface area is 178 Å². The third kappa shape index (κ3) is 3.41. The minimum Gasteiger partial charge on any atom is -0.319 e. The van der Waals surface area contributed by atoms with Crippen molar-refractivity contribution in [1.82, 2.24) is 24.6 Å². The molecule has 158 valence electrons. The molecular formula is C22H13F3N6O.